The summed E-state index contributed by atoms with van der Waals surface area (Å²) < 4.78 is 37.2. The standard InChI is InChI=1S/C12H13F3N2O/c1-8-2-4-9(5-3-8)11-16-6-10(18)17(11)7-12(13,14)15/h2-5,11,16H,6-7H2,1H3. The molecule has 0 aliphatic carbocycles. The zero-order valence-corrected chi connectivity index (χ0v) is 9.79. The quantitative estimate of drug-likeness (QED) is 0.879. The first-order valence-corrected chi connectivity index (χ1v) is 5.53. The number of alkyl halides is 3. The first-order chi connectivity index (χ1) is 8.37. The summed E-state index contributed by atoms with van der Waals surface area (Å²) in [4.78, 5) is 12.3. The second-order valence-electron chi connectivity index (χ2n) is 4.33. The Balaban J connectivity index is 2.21. The van der Waals surface area contributed by atoms with Crippen molar-refractivity contribution in [3.8, 4) is 0 Å². The molecule has 3 nitrogen and oxygen atoms in total. The number of halogens is 3. The average Bonchev–Trinajstić information content (AvgIpc) is 2.60. The normalized spacial score (nSPS) is 20.6. The minimum Gasteiger partial charge on any atom is -0.313 e. The van der Waals surface area contributed by atoms with E-state index in [9.17, 15) is 18.0 Å². The van der Waals surface area contributed by atoms with Crippen molar-refractivity contribution >= 4 is 5.91 Å². The fourth-order valence-corrected chi connectivity index (χ4v) is 1.96. The van der Waals surface area contributed by atoms with Crippen LogP contribution in [0.4, 0.5) is 13.2 Å². The van der Waals surface area contributed by atoms with Crippen LogP contribution in [-0.4, -0.2) is 30.1 Å². The van der Waals surface area contributed by atoms with Crippen molar-refractivity contribution in [1.82, 2.24) is 10.2 Å². The van der Waals surface area contributed by atoms with Gasteiger partial charge in [-0.3, -0.25) is 10.1 Å². The molecule has 1 aromatic carbocycles. The predicted molar refractivity (Wildman–Crippen MR) is 59.7 cm³/mol. The third-order valence-corrected chi connectivity index (χ3v) is 2.82. The molecule has 1 heterocycles. The molecule has 0 saturated carbocycles. The number of hydrogen-bond acceptors (Lipinski definition) is 2. The maximum absolute atomic E-state index is 12.4. The topological polar surface area (TPSA) is 32.3 Å². The summed E-state index contributed by atoms with van der Waals surface area (Å²) in [7, 11) is 0. The monoisotopic (exact) mass is 258 g/mol. The van der Waals surface area contributed by atoms with Gasteiger partial charge in [0, 0.05) is 0 Å². The number of nitrogens with one attached hydrogen (secondary N) is 1. The van der Waals surface area contributed by atoms with Crippen LogP contribution < -0.4 is 5.32 Å². The van der Waals surface area contributed by atoms with E-state index < -0.39 is 24.8 Å². The molecule has 1 aliphatic rings. The van der Waals surface area contributed by atoms with Gasteiger partial charge in [0.2, 0.25) is 5.91 Å². The van der Waals surface area contributed by atoms with Gasteiger partial charge >= 0.3 is 6.18 Å². The van der Waals surface area contributed by atoms with Crippen molar-refractivity contribution in [2.24, 2.45) is 0 Å². The van der Waals surface area contributed by atoms with E-state index in [1.54, 1.807) is 12.1 Å². The number of benzene rings is 1. The molecular formula is C12H13F3N2O. The van der Waals surface area contributed by atoms with Crippen LogP contribution in [0, 0.1) is 6.92 Å². The minimum atomic E-state index is -4.38. The number of carbonyl (C=O) groups is 1. The Morgan fingerprint density at radius 3 is 2.50 bits per heavy atom. The van der Waals surface area contributed by atoms with Gasteiger partial charge in [0.05, 0.1) is 6.54 Å². The molecule has 0 spiro atoms. The zero-order chi connectivity index (χ0) is 13.3. The van der Waals surface area contributed by atoms with Crippen LogP contribution in [0.15, 0.2) is 24.3 Å². The second kappa shape index (κ2) is 4.61. The van der Waals surface area contributed by atoms with Crippen LogP contribution in [0.5, 0.6) is 0 Å². The Bertz CT molecular complexity index is 442. The van der Waals surface area contributed by atoms with E-state index in [1.165, 1.54) is 0 Å². The van der Waals surface area contributed by atoms with Crippen LogP contribution in [0.2, 0.25) is 0 Å². The largest absolute Gasteiger partial charge is 0.406 e. The van der Waals surface area contributed by atoms with Crippen LogP contribution in [0.3, 0.4) is 0 Å². The van der Waals surface area contributed by atoms with Crippen molar-refractivity contribution in [3.63, 3.8) is 0 Å². The Hall–Kier alpha value is -1.56. The van der Waals surface area contributed by atoms with Gasteiger partial charge in [-0.1, -0.05) is 29.8 Å². The van der Waals surface area contributed by atoms with Gasteiger partial charge in [-0.2, -0.15) is 13.2 Å². The number of hydrogen-bond donors (Lipinski definition) is 1. The lowest BCUT2D eigenvalue weighted by Gasteiger charge is -2.25. The Morgan fingerprint density at radius 1 is 1.33 bits per heavy atom. The minimum absolute atomic E-state index is 0.0609. The lowest BCUT2D eigenvalue weighted by Crippen LogP contribution is -2.38. The van der Waals surface area contributed by atoms with Gasteiger partial charge in [0.25, 0.3) is 0 Å². The van der Waals surface area contributed by atoms with E-state index in [2.05, 4.69) is 5.32 Å². The molecule has 1 atom stereocenters. The zero-order valence-electron chi connectivity index (χ0n) is 9.79. The van der Waals surface area contributed by atoms with Gasteiger partial charge in [-0.15, -0.1) is 0 Å². The summed E-state index contributed by atoms with van der Waals surface area (Å²) in [6.45, 7) is 0.608. The number of nitrogens with zero attached hydrogens (tertiary/aromatic N) is 1. The molecule has 1 fully saturated rings. The third kappa shape index (κ3) is 2.81. The average molecular weight is 258 g/mol. The second-order valence-corrected chi connectivity index (χ2v) is 4.33. The highest BCUT2D eigenvalue weighted by atomic mass is 19.4. The van der Waals surface area contributed by atoms with Crippen LogP contribution in [0.1, 0.15) is 17.3 Å². The first kappa shape index (κ1) is 12.9. The number of rotatable bonds is 2. The molecule has 1 N–H and O–H groups in total. The van der Waals surface area contributed by atoms with Crippen molar-refractivity contribution in [1.29, 1.82) is 0 Å². The van der Waals surface area contributed by atoms with Gasteiger partial charge in [-0.25, -0.2) is 0 Å². The van der Waals surface area contributed by atoms with E-state index in [0.29, 0.717) is 5.56 Å². The molecule has 1 saturated heterocycles. The van der Waals surface area contributed by atoms with Crippen molar-refractivity contribution in [2.75, 3.05) is 13.1 Å². The van der Waals surface area contributed by atoms with Gasteiger partial charge < -0.3 is 4.90 Å². The van der Waals surface area contributed by atoms with E-state index in [-0.39, 0.29) is 6.54 Å². The summed E-state index contributed by atoms with van der Waals surface area (Å²) in [5, 5.41) is 2.79. The van der Waals surface area contributed by atoms with Gasteiger partial charge in [0.1, 0.15) is 12.7 Å². The Labute approximate surface area is 103 Å². The van der Waals surface area contributed by atoms with Crippen molar-refractivity contribution in [2.45, 2.75) is 19.3 Å². The lowest BCUT2D eigenvalue weighted by molar-refractivity contribution is -0.161. The first-order valence-electron chi connectivity index (χ1n) is 5.53. The molecule has 18 heavy (non-hydrogen) atoms. The molecule has 6 heteroatoms. The fraction of sp³-hybridized carbons (Fsp3) is 0.417. The molecule has 0 bridgehead atoms. The Morgan fingerprint density at radius 2 is 1.94 bits per heavy atom. The van der Waals surface area contributed by atoms with Crippen molar-refractivity contribution < 1.29 is 18.0 Å². The number of aryl methyl sites for hydroxylation is 1. The predicted octanol–water partition coefficient (Wildman–Crippen LogP) is 1.99. The highest BCUT2D eigenvalue weighted by molar-refractivity contribution is 5.81. The molecule has 0 aromatic heterocycles. The summed E-state index contributed by atoms with van der Waals surface area (Å²) in [6, 6.07) is 7.08. The summed E-state index contributed by atoms with van der Waals surface area (Å²) in [5.74, 6) is -0.530. The van der Waals surface area contributed by atoms with Gasteiger partial charge in [0.15, 0.2) is 0 Å². The highest BCUT2D eigenvalue weighted by Gasteiger charge is 2.40. The molecule has 0 radical (unpaired) electrons. The molecule has 1 aromatic rings. The smallest absolute Gasteiger partial charge is 0.313 e. The van der Waals surface area contributed by atoms with E-state index in [1.807, 2.05) is 19.1 Å². The molecular weight excluding hydrogens is 245 g/mol. The summed E-state index contributed by atoms with van der Waals surface area (Å²) in [6.07, 6.45) is -5.08. The molecule has 2 rings (SSSR count). The summed E-state index contributed by atoms with van der Waals surface area (Å²) >= 11 is 0. The molecule has 1 amide bonds. The maximum Gasteiger partial charge on any atom is 0.406 e. The van der Waals surface area contributed by atoms with E-state index in [0.717, 1.165) is 10.5 Å². The SMILES string of the molecule is Cc1ccc(C2NCC(=O)N2CC(F)(F)F)cc1. The molecule has 98 valence electrons. The van der Waals surface area contributed by atoms with Crippen LogP contribution >= 0.6 is 0 Å². The van der Waals surface area contributed by atoms with E-state index in [4.69, 9.17) is 0 Å². The lowest BCUT2D eigenvalue weighted by atomic mass is 10.1. The highest BCUT2D eigenvalue weighted by Crippen LogP contribution is 2.27. The Kier molecular flexibility index (Phi) is 3.30. The number of carbonyl (C=O) groups excluding carboxylic acids is 1. The van der Waals surface area contributed by atoms with Gasteiger partial charge in [-0.05, 0) is 12.5 Å². The van der Waals surface area contributed by atoms with E-state index >= 15 is 0 Å². The van der Waals surface area contributed by atoms with Crippen LogP contribution in [0.25, 0.3) is 0 Å². The maximum atomic E-state index is 12.4. The summed E-state index contributed by atoms with van der Waals surface area (Å²) in [5.41, 5.74) is 1.68. The fourth-order valence-electron chi connectivity index (χ4n) is 1.96. The third-order valence-electron chi connectivity index (χ3n) is 2.82. The van der Waals surface area contributed by atoms with Crippen molar-refractivity contribution in [3.05, 3.63) is 35.4 Å². The van der Waals surface area contributed by atoms with Crippen LogP contribution in [-0.2, 0) is 4.79 Å². The molecule has 1 aliphatic heterocycles. The molecule has 1 unspecified atom stereocenters. The number of amides is 1.